The van der Waals surface area contributed by atoms with Crippen LogP contribution in [0.5, 0.6) is 0 Å². The largest absolute Gasteiger partial charge is 0.480 e. The summed E-state index contributed by atoms with van der Waals surface area (Å²) in [4.78, 5) is 14.0. The van der Waals surface area contributed by atoms with Crippen LogP contribution in [-0.2, 0) is 14.3 Å². The standard InChI is InChI=1S/C33H58N4O14/c34-13-21-2-1-3-37(21)35-30(31(48)49)32-9-19-8-20(10-32)12-33(11-19,18-32)51-7-6-50-5-4-36(14-22(40)26(44)28(46)24(42)16-38)15-23(41)27(45)29(47)25(43)17-39/h19-30,35,38-47H,1-12,14-18H2,(H,48,49)/t19-,20-,21?,22-,23-,24+,25+,26+,27+,28+,29+,30+,32?,33?/m0/s1. The van der Waals surface area contributed by atoms with Gasteiger partial charge in [0.15, 0.2) is 0 Å². The van der Waals surface area contributed by atoms with Crippen LogP contribution in [0.1, 0.15) is 51.4 Å². The number of carboxylic acid groups (broad SMARTS) is 1. The molecule has 5 aliphatic rings. The SMILES string of the molecule is N#CC1CCCN1N[C@H](C(=O)O)C12C[C@@H]3C[C@H](CC(OCCOCCN(C[C@H](O)[C@@H](O)[C@H](O)[C@H](O)CO)C[C@H](O)[C@@H](O)[C@H](O)[C@H](O)CO)(C3)C1)C2. The molecule has 0 aromatic rings. The van der Waals surface area contributed by atoms with Crippen molar-refractivity contribution in [1.29, 1.82) is 5.26 Å². The molecular weight excluding hydrogens is 676 g/mol. The van der Waals surface area contributed by atoms with E-state index >= 15 is 0 Å². The topological polar surface area (TPSA) is 300 Å². The van der Waals surface area contributed by atoms with E-state index in [1.807, 2.05) is 0 Å². The van der Waals surface area contributed by atoms with Crippen molar-refractivity contribution in [2.45, 2.75) is 118 Å². The molecule has 12 N–H and O–H groups in total. The molecule has 0 aromatic heterocycles. The Balaban J connectivity index is 1.33. The minimum absolute atomic E-state index is 0.00934. The summed E-state index contributed by atoms with van der Waals surface area (Å²) >= 11 is 0. The molecule has 1 aliphatic heterocycles. The summed E-state index contributed by atoms with van der Waals surface area (Å²) < 4.78 is 12.3. The smallest absolute Gasteiger partial charge is 0.322 e. The van der Waals surface area contributed by atoms with E-state index in [1.54, 1.807) is 5.01 Å². The highest BCUT2D eigenvalue weighted by atomic mass is 16.5. The minimum atomic E-state index is -1.89. The van der Waals surface area contributed by atoms with Gasteiger partial charge in [0.25, 0.3) is 0 Å². The molecule has 4 saturated carbocycles. The Hall–Kier alpha value is -1.64. The van der Waals surface area contributed by atoms with Crippen molar-refractivity contribution < 1.29 is 70.4 Å². The molecule has 294 valence electrons. The number of aliphatic hydroxyl groups excluding tert-OH is 10. The Morgan fingerprint density at radius 3 is 1.90 bits per heavy atom. The van der Waals surface area contributed by atoms with Crippen LogP contribution in [0.3, 0.4) is 0 Å². The number of nitrogens with one attached hydrogen (secondary N) is 1. The maximum absolute atomic E-state index is 12.7. The zero-order valence-electron chi connectivity index (χ0n) is 28.9. The fourth-order valence-corrected chi connectivity index (χ4v) is 9.17. The number of aliphatic hydroxyl groups is 10. The minimum Gasteiger partial charge on any atom is -0.480 e. The van der Waals surface area contributed by atoms with Crippen LogP contribution >= 0.6 is 0 Å². The Labute approximate surface area is 297 Å². The summed E-state index contributed by atoms with van der Waals surface area (Å²) in [5.41, 5.74) is 2.22. The summed E-state index contributed by atoms with van der Waals surface area (Å²) in [6.07, 6.45) is -8.08. The van der Waals surface area contributed by atoms with Gasteiger partial charge in [0.05, 0.1) is 56.9 Å². The molecule has 0 radical (unpaired) electrons. The molecular formula is C33H58N4O14. The van der Waals surface area contributed by atoms with Crippen molar-refractivity contribution in [2.75, 3.05) is 59.2 Å². The zero-order valence-corrected chi connectivity index (χ0v) is 28.9. The van der Waals surface area contributed by atoms with Crippen LogP contribution in [0.15, 0.2) is 0 Å². The van der Waals surface area contributed by atoms with Crippen molar-refractivity contribution in [3.8, 4) is 6.07 Å². The van der Waals surface area contributed by atoms with Gasteiger partial charge in [0.2, 0.25) is 0 Å². The number of carboxylic acids is 1. The van der Waals surface area contributed by atoms with Crippen molar-refractivity contribution >= 4 is 5.97 Å². The van der Waals surface area contributed by atoms with E-state index in [0.29, 0.717) is 31.2 Å². The lowest BCUT2D eigenvalue weighted by Crippen LogP contribution is -2.66. The molecule has 51 heavy (non-hydrogen) atoms. The number of nitriles is 1. The molecule has 1 saturated heterocycles. The van der Waals surface area contributed by atoms with Crippen molar-refractivity contribution in [3.63, 3.8) is 0 Å². The van der Waals surface area contributed by atoms with Gasteiger partial charge in [-0.1, -0.05) is 0 Å². The van der Waals surface area contributed by atoms with Gasteiger partial charge in [-0.25, -0.2) is 10.4 Å². The van der Waals surface area contributed by atoms with Crippen LogP contribution in [0.25, 0.3) is 0 Å². The third-order valence-electron chi connectivity index (χ3n) is 11.3. The van der Waals surface area contributed by atoms with E-state index in [-0.39, 0.29) is 32.4 Å². The van der Waals surface area contributed by atoms with Gasteiger partial charge >= 0.3 is 5.97 Å². The fraction of sp³-hybridized carbons (Fsp3) is 0.939. The predicted molar refractivity (Wildman–Crippen MR) is 175 cm³/mol. The Morgan fingerprint density at radius 2 is 1.39 bits per heavy atom. The first kappa shape index (κ1) is 42.1. The van der Waals surface area contributed by atoms with Crippen LogP contribution in [0.2, 0.25) is 0 Å². The number of ether oxygens (including phenoxy) is 2. The van der Waals surface area contributed by atoms with Crippen LogP contribution < -0.4 is 5.43 Å². The van der Waals surface area contributed by atoms with Gasteiger partial charge in [-0.15, -0.1) is 0 Å². The molecule has 5 rings (SSSR count). The Morgan fingerprint density at radius 1 is 0.843 bits per heavy atom. The third kappa shape index (κ3) is 10.3. The highest BCUT2D eigenvalue weighted by Crippen LogP contribution is 2.64. The predicted octanol–water partition coefficient (Wildman–Crippen LogP) is -4.52. The summed E-state index contributed by atoms with van der Waals surface area (Å²) in [6.45, 7) is -1.56. The maximum atomic E-state index is 12.7. The highest BCUT2D eigenvalue weighted by molar-refractivity contribution is 5.75. The van der Waals surface area contributed by atoms with Gasteiger partial charge in [0.1, 0.15) is 48.7 Å². The molecule has 0 amide bonds. The molecule has 1 heterocycles. The number of nitrogens with zero attached hydrogens (tertiary/aromatic N) is 3. The number of rotatable bonds is 23. The van der Waals surface area contributed by atoms with Gasteiger partial charge in [-0.05, 0) is 63.2 Å². The van der Waals surface area contributed by atoms with E-state index in [0.717, 1.165) is 38.5 Å². The Bertz CT molecular complexity index is 1110. The second-order valence-electron chi connectivity index (χ2n) is 15.2. The lowest BCUT2D eigenvalue weighted by Gasteiger charge is -2.63. The quantitative estimate of drug-likeness (QED) is 0.0440. The lowest BCUT2D eigenvalue weighted by atomic mass is 9.46. The second kappa shape index (κ2) is 18.6. The summed E-state index contributed by atoms with van der Waals surface area (Å²) in [6, 6.07) is 1.06. The van der Waals surface area contributed by atoms with E-state index < -0.39 is 98.2 Å². The zero-order chi connectivity index (χ0) is 37.5. The number of aliphatic carboxylic acids is 1. The van der Waals surface area contributed by atoms with Gasteiger partial charge in [-0.2, -0.15) is 5.26 Å². The average molecular weight is 735 g/mol. The number of carbonyl (C=O) groups is 1. The van der Waals surface area contributed by atoms with Crippen molar-refractivity contribution in [1.82, 2.24) is 15.3 Å². The first-order chi connectivity index (χ1) is 24.2. The number of hydrogen-bond donors (Lipinski definition) is 12. The molecule has 12 atom stereocenters. The van der Waals surface area contributed by atoms with Crippen molar-refractivity contribution in [2.24, 2.45) is 17.3 Å². The molecule has 18 heteroatoms. The molecule has 18 nitrogen and oxygen atoms in total. The molecule has 1 unspecified atom stereocenters. The van der Waals surface area contributed by atoms with Gasteiger partial charge in [-0.3, -0.25) is 9.69 Å². The summed E-state index contributed by atoms with van der Waals surface area (Å²) in [5.74, 6) is -0.281. The van der Waals surface area contributed by atoms with Crippen LogP contribution in [-0.4, -0.2) is 198 Å². The van der Waals surface area contributed by atoms with Gasteiger partial charge < -0.3 is 65.6 Å². The molecule has 4 bridgehead atoms. The lowest BCUT2D eigenvalue weighted by molar-refractivity contribution is -0.211. The first-order valence-corrected chi connectivity index (χ1v) is 17.9. The number of hydrazine groups is 1. The van der Waals surface area contributed by atoms with Crippen molar-refractivity contribution in [3.05, 3.63) is 0 Å². The summed E-state index contributed by atoms with van der Waals surface area (Å²) in [7, 11) is 0. The highest BCUT2D eigenvalue weighted by Gasteiger charge is 2.62. The normalized spacial score (nSPS) is 32.9. The third-order valence-corrected chi connectivity index (χ3v) is 11.3. The molecule has 0 aromatic carbocycles. The second-order valence-corrected chi connectivity index (χ2v) is 15.2. The first-order valence-electron chi connectivity index (χ1n) is 17.9. The molecule has 5 fully saturated rings. The average Bonchev–Trinajstić information content (AvgIpc) is 3.56. The summed E-state index contributed by atoms with van der Waals surface area (Å²) in [5, 5.41) is 121. The van der Waals surface area contributed by atoms with E-state index in [2.05, 4.69) is 11.5 Å². The van der Waals surface area contributed by atoms with E-state index in [4.69, 9.17) is 19.7 Å². The fourth-order valence-electron chi connectivity index (χ4n) is 9.17. The van der Waals surface area contributed by atoms with Crippen LogP contribution in [0.4, 0.5) is 0 Å². The number of hydrogen-bond acceptors (Lipinski definition) is 17. The van der Waals surface area contributed by atoms with E-state index in [9.17, 15) is 56.0 Å². The molecule has 0 spiro atoms. The maximum Gasteiger partial charge on any atom is 0.322 e. The molecule has 4 aliphatic carbocycles. The van der Waals surface area contributed by atoms with E-state index in [1.165, 1.54) is 4.90 Å². The monoisotopic (exact) mass is 734 g/mol. The Kier molecular flexibility index (Phi) is 15.4. The van der Waals surface area contributed by atoms with Gasteiger partial charge in [0, 0.05) is 31.6 Å². The van der Waals surface area contributed by atoms with Crippen LogP contribution in [0, 0.1) is 28.6 Å².